The maximum Gasteiger partial charge on any atom is 0.135 e. The van der Waals surface area contributed by atoms with Crippen LogP contribution in [0.1, 0.15) is 99.8 Å². The van der Waals surface area contributed by atoms with Crippen LogP contribution in [0.25, 0.3) is 27.6 Å². The first kappa shape index (κ1) is 39.4. The number of para-hydroxylation sites is 1. The molecule has 0 saturated heterocycles. The summed E-state index contributed by atoms with van der Waals surface area (Å²) in [7, 11) is 0. The van der Waals surface area contributed by atoms with E-state index >= 15 is 0 Å². The van der Waals surface area contributed by atoms with E-state index in [9.17, 15) is 0 Å². The van der Waals surface area contributed by atoms with Crippen molar-refractivity contribution >= 4 is 33.2 Å². The van der Waals surface area contributed by atoms with Crippen LogP contribution >= 0.6 is 0 Å². The third kappa shape index (κ3) is 7.76. The topological polar surface area (TPSA) is 33.5 Å². The van der Waals surface area contributed by atoms with Gasteiger partial charge in [-0.15, -0.1) is 53.6 Å². The Labute approximate surface area is 337 Å². The van der Waals surface area contributed by atoms with Gasteiger partial charge in [-0.25, -0.2) is 4.98 Å². The predicted octanol–water partition coefficient (Wildman–Crippen LogP) is 12.8. The van der Waals surface area contributed by atoms with Gasteiger partial charge in [-0.05, 0) is 69.3 Å². The molecule has 1 aliphatic rings. The summed E-state index contributed by atoms with van der Waals surface area (Å²) in [4.78, 5) is 9.33. The maximum atomic E-state index is 6.72. The van der Waals surface area contributed by atoms with E-state index in [-0.39, 0.29) is 42.7 Å². The largest absolute Gasteiger partial charge is 0.509 e. The molecule has 6 heteroatoms. The van der Waals surface area contributed by atoms with Gasteiger partial charge in [-0.2, -0.15) is 6.07 Å². The molecule has 54 heavy (non-hydrogen) atoms. The maximum absolute atomic E-state index is 6.72. The van der Waals surface area contributed by atoms with E-state index in [4.69, 9.17) is 9.72 Å². The van der Waals surface area contributed by atoms with Crippen molar-refractivity contribution in [3.05, 3.63) is 139 Å². The van der Waals surface area contributed by atoms with Gasteiger partial charge in [0.25, 0.3) is 0 Å². The quantitative estimate of drug-likeness (QED) is 0.161. The number of hydrogen-bond donors (Lipinski definition) is 0. The number of anilines is 2. The first-order valence-electron chi connectivity index (χ1n) is 18.7. The smallest absolute Gasteiger partial charge is 0.135 e. The van der Waals surface area contributed by atoms with Crippen LogP contribution < -0.4 is 14.5 Å². The van der Waals surface area contributed by atoms with Gasteiger partial charge in [0.15, 0.2) is 0 Å². The number of rotatable bonds is 5. The summed E-state index contributed by atoms with van der Waals surface area (Å²) in [6, 6.07) is 37.5. The molecule has 4 aromatic carbocycles. The van der Waals surface area contributed by atoms with Crippen molar-refractivity contribution < 1.29 is 25.8 Å². The number of nitrogens with zero attached hydrogens (tertiary/aromatic N) is 4. The minimum atomic E-state index is -0.120. The number of fused-ring (bicyclic) bond motifs is 3. The average Bonchev–Trinajstić information content (AvgIpc) is 3.68. The molecule has 0 aliphatic carbocycles. The van der Waals surface area contributed by atoms with Crippen molar-refractivity contribution in [1.29, 1.82) is 0 Å². The first-order chi connectivity index (χ1) is 24.8. The first-order valence-corrected chi connectivity index (χ1v) is 18.7. The molecule has 1 aliphatic heterocycles. The Morgan fingerprint density at radius 2 is 1.28 bits per heavy atom. The Morgan fingerprint density at radius 1 is 0.611 bits per heavy atom. The summed E-state index contributed by atoms with van der Waals surface area (Å²) >= 11 is 0. The molecule has 0 atom stereocenters. The second kappa shape index (κ2) is 14.1. The van der Waals surface area contributed by atoms with E-state index < -0.39 is 0 Å². The van der Waals surface area contributed by atoms with Gasteiger partial charge in [0.05, 0.1) is 0 Å². The van der Waals surface area contributed by atoms with Gasteiger partial charge in [0.1, 0.15) is 5.82 Å². The van der Waals surface area contributed by atoms with Crippen LogP contribution in [0, 0.1) is 24.2 Å². The zero-order valence-electron chi connectivity index (χ0n) is 33.8. The molecule has 284 valence electrons. The third-order valence-corrected chi connectivity index (χ3v) is 10.1. The summed E-state index contributed by atoms with van der Waals surface area (Å²) in [5, 5.41) is 2.26. The van der Waals surface area contributed by atoms with E-state index in [0.29, 0.717) is 11.5 Å². The second-order valence-corrected chi connectivity index (χ2v) is 18.5. The summed E-state index contributed by atoms with van der Waals surface area (Å²) in [6.45, 7) is 29.1. The van der Waals surface area contributed by atoms with Crippen molar-refractivity contribution in [2.45, 2.75) is 99.3 Å². The fourth-order valence-electron chi connectivity index (χ4n) is 6.88. The van der Waals surface area contributed by atoms with Gasteiger partial charge in [0.2, 0.25) is 0 Å². The van der Waals surface area contributed by atoms with Crippen LogP contribution in [0.5, 0.6) is 11.5 Å². The van der Waals surface area contributed by atoms with Crippen molar-refractivity contribution in [1.82, 2.24) is 9.55 Å². The van der Waals surface area contributed by atoms with Crippen LogP contribution in [0.2, 0.25) is 0 Å². The molecule has 0 N–H and O–H groups in total. The number of benzene rings is 4. The molecule has 0 amide bonds. The molecule has 0 radical (unpaired) electrons. The molecular formula is C48H53N4OPt-3. The average molecular weight is 897 g/mol. The van der Waals surface area contributed by atoms with E-state index in [1.165, 1.54) is 16.8 Å². The second-order valence-electron chi connectivity index (χ2n) is 18.5. The summed E-state index contributed by atoms with van der Waals surface area (Å²) < 4.78 is 8.92. The molecule has 0 spiro atoms. The zero-order chi connectivity index (χ0) is 38.1. The summed E-state index contributed by atoms with van der Waals surface area (Å²) in [6.07, 6.45) is 4.14. The van der Waals surface area contributed by atoms with Crippen LogP contribution in [0.15, 0.2) is 103 Å². The monoisotopic (exact) mass is 896 g/mol. The predicted molar refractivity (Wildman–Crippen MR) is 222 cm³/mol. The van der Waals surface area contributed by atoms with Crippen molar-refractivity contribution in [2.75, 3.05) is 9.80 Å². The van der Waals surface area contributed by atoms with Crippen LogP contribution in [-0.4, -0.2) is 9.55 Å². The molecule has 2 aromatic heterocycles. The van der Waals surface area contributed by atoms with E-state index in [2.05, 4.69) is 201 Å². The normalized spacial score (nSPS) is 14.1. The number of aromatic nitrogens is 2. The van der Waals surface area contributed by atoms with Crippen LogP contribution in [0.4, 0.5) is 11.4 Å². The fraction of sp³-hybridized carbons (Fsp3) is 0.333. The Bertz CT molecular complexity index is 2340. The molecule has 7 rings (SSSR count). The number of pyridine rings is 1. The molecule has 3 heterocycles. The molecule has 0 fully saturated rings. The minimum absolute atomic E-state index is 0. The van der Waals surface area contributed by atoms with Gasteiger partial charge in [-0.3, -0.25) is 0 Å². The number of allylic oxidation sites excluding steroid dienone is 1. The van der Waals surface area contributed by atoms with E-state index in [1.807, 2.05) is 12.3 Å². The zero-order valence-corrected chi connectivity index (χ0v) is 36.1. The van der Waals surface area contributed by atoms with Gasteiger partial charge in [0, 0.05) is 61.1 Å². The summed E-state index contributed by atoms with van der Waals surface area (Å²) in [5.41, 5.74) is 8.82. The molecule has 5 nitrogen and oxygen atoms in total. The Kier molecular flexibility index (Phi) is 10.2. The fourth-order valence-corrected chi connectivity index (χ4v) is 6.88. The Balaban J connectivity index is 0.00000497. The Hall–Kier alpha value is -4.34. The number of ether oxygens (including phenoxy) is 1. The third-order valence-electron chi connectivity index (χ3n) is 10.1. The molecule has 0 saturated carbocycles. The minimum Gasteiger partial charge on any atom is -0.509 e. The summed E-state index contributed by atoms with van der Waals surface area (Å²) in [5.74, 6) is 2.13. The molecule has 0 bridgehead atoms. The SMILES string of the molecule is CC(C)(C)C1=CN(c2[c-]c(Oc3[c-]c4c(cc3)c3ccccc3n4-c3cc(C(C)(C)C)ccn3)cc(C(C)(C)C)c2)[CH-]N1c1ccc(C(C)(C)C)cc1.[Pt]. The van der Waals surface area contributed by atoms with Gasteiger partial charge >= 0.3 is 0 Å². The van der Waals surface area contributed by atoms with Crippen molar-refractivity contribution in [3.8, 4) is 17.3 Å². The van der Waals surface area contributed by atoms with Gasteiger partial charge in [-0.1, -0.05) is 119 Å². The Morgan fingerprint density at radius 3 is 1.93 bits per heavy atom. The van der Waals surface area contributed by atoms with E-state index in [0.717, 1.165) is 44.6 Å². The standard InChI is InChI=1S/C48H53N4O.Pt/c1-45(2,3)32-17-19-35(20-18-32)51-31-50(30-43(51)48(10,11)12)36-25-34(47(7,8)9)26-38(28-36)53-37-21-22-40-39-15-13-14-16-41(39)52(42(40)29-37)44-27-33(23-24-49-44)46(4,5)6;/h13-27,30-31H,1-12H3;/q-3;. The van der Waals surface area contributed by atoms with Crippen molar-refractivity contribution in [2.24, 2.45) is 5.41 Å². The van der Waals surface area contributed by atoms with E-state index in [1.54, 1.807) is 0 Å². The molecule has 0 unspecified atom stereocenters. The van der Waals surface area contributed by atoms with Crippen molar-refractivity contribution in [3.63, 3.8) is 0 Å². The van der Waals surface area contributed by atoms with Gasteiger partial charge < -0.3 is 19.1 Å². The van der Waals surface area contributed by atoms with Crippen LogP contribution in [-0.2, 0) is 37.3 Å². The molecular weight excluding hydrogens is 844 g/mol. The number of hydrogen-bond acceptors (Lipinski definition) is 4. The van der Waals surface area contributed by atoms with Crippen LogP contribution in [0.3, 0.4) is 0 Å². The molecule has 6 aromatic rings.